The number of rotatable bonds is 6. The molecule has 0 N–H and O–H groups in total. The fourth-order valence-electron chi connectivity index (χ4n) is 8.95. The van der Waals surface area contributed by atoms with Crippen LogP contribution in [0.2, 0.25) is 0 Å². The summed E-state index contributed by atoms with van der Waals surface area (Å²) in [5, 5.41) is 9.84. The molecule has 0 bridgehead atoms. The van der Waals surface area contributed by atoms with Crippen LogP contribution in [0.1, 0.15) is 0 Å². The van der Waals surface area contributed by atoms with E-state index in [9.17, 15) is 0 Å². The SMILES string of the molecule is c1ccc(N(c2ccc(-c3ccccc3-n3c4ccccc4c4ccccc43)c3ccccc23)c2ccc(-c3cccc4ccccc34)c3ccccc23)cc1. The first-order chi connectivity index (χ1) is 27.8. The summed E-state index contributed by atoms with van der Waals surface area (Å²) in [5.41, 5.74) is 11.8. The van der Waals surface area contributed by atoms with E-state index < -0.39 is 0 Å². The molecule has 1 heterocycles. The lowest BCUT2D eigenvalue weighted by Crippen LogP contribution is -2.11. The molecule has 2 nitrogen and oxygen atoms in total. The van der Waals surface area contributed by atoms with E-state index in [0.29, 0.717) is 0 Å². The predicted octanol–water partition coefficient (Wildman–Crippen LogP) is 15.0. The molecule has 56 heavy (non-hydrogen) atoms. The van der Waals surface area contributed by atoms with Gasteiger partial charge < -0.3 is 9.47 Å². The van der Waals surface area contributed by atoms with Crippen LogP contribution in [-0.2, 0) is 0 Å². The van der Waals surface area contributed by atoms with Crippen molar-refractivity contribution < 1.29 is 0 Å². The molecule has 0 radical (unpaired) electrons. The number of aromatic nitrogens is 1. The molecule has 1 aromatic heterocycles. The average Bonchev–Trinajstić information content (AvgIpc) is 3.61. The number of fused-ring (bicyclic) bond motifs is 6. The van der Waals surface area contributed by atoms with Crippen LogP contribution >= 0.6 is 0 Å². The molecule has 11 rings (SSSR count). The zero-order chi connectivity index (χ0) is 37.0. The van der Waals surface area contributed by atoms with Crippen LogP contribution in [0.15, 0.2) is 218 Å². The number of hydrogen-bond donors (Lipinski definition) is 0. The zero-order valence-electron chi connectivity index (χ0n) is 30.7. The quantitative estimate of drug-likeness (QED) is 0.167. The summed E-state index contributed by atoms with van der Waals surface area (Å²) >= 11 is 0. The fraction of sp³-hybridized carbons (Fsp3) is 0. The largest absolute Gasteiger partial charge is 0.309 e. The van der Waals surface area contributed by atoms with Crippen molar-refractivity contribution in [1.82, 2.24) is 4.57 Å². The maximum absolute atomic E-state index is 2.44. The van der Waals surface area contributed by atoms with Gasteiger partial charge in [-0.25, -0.2) is 0 Å². The summed E-state index contributed by atoms with van der Waals surface area (Å²) in [6, 6.07) is 79.5. The topological polar surface area (TPSA) is 8.17 Å². The molecule has 0 saturated carbocycles. The molecule has 0 atom stereocenters. The number of hydrogen-bond acceptors (Lipinski definition) is 1. The molecular formula is C54H36N2. The van der Waals surface area contributed by atoms with Gasteiger partial charge in [-0.2, -0.15) is 0 Å². The van der Waals surface area contributed by atoms with Gasteiger partial charge in [-0.15, -0.1) is 0 Å². The van der Waals surface area contributed by atoms with E-state index in [-0.39, 0.29) is 0 Å². The van der Waals surface area contributed by atoms with Gasteiger partial charge in [0.15, 0.2) is 0 Å². The Hall–Kier alpha value is -7.42. The third kappa shape index (κ3) is 5.04. The second-order valence-corrected chi connectivity index (χ2v) is 14.4. The lowest BCUT2D eigenvalue weighted by atomic mass is 9.92. The van der Waals surface area contributed by atoms with Gasteiger partial charge in [0.25, 0.3) is 0 Å². The summed E-state index contributed by atoms with van der Waals surface area (Å²) < 4.78 is 2.43. The highest BCUT2D eigenvalue weighted by molar-refractivity contribution is 6.14. The average molecular weight is 713 g/mol. The van der Waals surface area contributed by atoms with Crippen LogP contribution in [0, 0.1) is 0 Å². The van der Waals surface area contributed by atoms with E-state index in [4.69, 9.17) is 0 Å². The molecule has 0 amide bonds. The Morgan fingerprint density at radius 1 is 0.268 bits per heavy atom. The predicted molar refractivity (Wildman–Crippen MR) is 239 cm³/mol. The zero-order valence-corrected chi connectivity index (χ0v) is 30.7. The van der Waals surface area contributed by atoms with E-state index >= 15 is 0 Å². The van der Waals surface area contributed by atoms with Gasteiger partial charge in [-0.3, -0.25) is 0 Å². The molecule has 0 aliphatic rings. The smallest absolute Gasteiger partial charge is 0.0541 e. The number of nitrogens with zero attached hydrogens (tertiary/aromatic N) is 2. The third-order valence-electron chi connectivity index (χ3n) is 11.4. The van der Waals surface area contributed by atoms with E-state index in [1.807, 2.05) is 0 Å². The minimum Gasteiger partial charge on any atom is -0.309 e. The van der Waals surface area contributed by atoms with Gasteiger partial charge in [-0.1, -0.05) is 176 Å². The van der Waals surface area contributed by atoms with Gasteiger partial charge in [0, 0.05) is 32.8 Å². The minimum atomic E-state index is 1.11. The van der Waals surface area contributed by atoms with Gasteiger partial charge in [0.2, 0.25) is 0 Å². The van der Waals surface area contributed by atoms with Gasteiger partial charge >= 0.3 is 0 Å². The standard InChI is InChI=1S/C54H36N2/c1-2-19-38(20-3-1)55(53-35-33-43(41-22-6-8-24-45(41)53)40-29-16-18-37-17-4-5-21-39(37)40)54-36-34-44(42-23-7-9-25-46(42)54)47-26-10-13-30-50(47)56-51-31-14-11-27-48(51)49-28-12-15-32-52(49)56/h1-36H. The first-order valence-corrected chi connectivity index (χ1v) is 19.3. The first kappa shape index (κ1) is 32.0. The van der Waals surface area contributed by atoms with Crippen LogP contribution in [0.4, 0.5) is 17.1 Å². The van der Waals surface area contributed by atoms with Crippen LogP contribution in [-0.4, -0.2) is 4.57 Å². The van der Waals surface area contributed by atoms with Crippen molar-refractivity contribution >= 4 is 71.2 Å². The van der Waals surface area contributed by atoms with Crippen LogP contribution < -0.4 is 4.90 Å². The Morgan fingerprint density at radius 2 is 0.696 bits per heavy atom. The van der Waals surface area contributed by atoms with E-state index in [1.54, 1.807) is 0 Å². The summed E-state index contributed by atoms with van der Waals surface area (Å²) in [4.78, 5) is 2.44. The van der Waals surface area contributed by atoms with E-state index in [0.717, 1.165) is 22.7 Å². The highest BCUT2D eigenvalue weighted by Crippen LogP contribution is 2.47. The van der Waals surface area contributed by atoms with E-state index in [1.165, 1.54) is 76.4 Å². The van der Waals surface area contributed by atoms with Crippen LogP contribution in [0.3, 0.4) is 0 Å². The maximum Gasteiger partial charge on any atom is 0.0541 e. The fourth-order valence-corrected chi connectivity index (χ4v) is 8.95. The highest BCUT2D eigenvalue weighted by atomic mass is 15.1. The number of benzene rings is 10. The minimum absolute atomic E-state index is 1.11. The van der Waals surface area contributed by atoms with Crippen molar-refractivity contribution in [2.75, 3.05) is 4.90 Å². The second kappa shape index (κ2) is 13.2. The molecule has 0 saturated heterocycles. The van der Waals surface area contributed by atoms with Crippen LogP contribution in [0.25, 0.3) is 82.1 Å². The molecule has 0 unspecified atom stereocenters. The summed E-state index contributed by atoms with van der Waals surface area (Å²) in [5.74, 6) is 0. The molecular weight excluding hydrogens is 677 g/mol. The third-order valence-corrected chi connectivity index (χ3v) is 11.4. The van der Waals surface area contributed by atoms with Crippen molar-refractivity contribution in [3.8, 4) is 27.9 Å². The van der Waals surface area contributed by atoms with Crippen molar-refractivity contribution in [1.29, 1.82) is 0 Å². The van der Waals surface area contributed by atoms with Crippen molar-refractivity contribution in [2.24, 2.45) is 0 Å². The molecule has 11 aromatic rings. The summed E-state index contributed by atoms with van der Waals surface area (Å²) in [6.07, 6.45) is 0. The highest BCUT2D eigenvalue weighted by Gasteiger charge is 2.22. The molecule has 0 aliphatic carbocycles. The first-order valence-electron chi connectivity index (χ1n) is 19.3. The molecule has 2 heteroatoms. The molecule has 10 aromatic carbocycles. The van der Waals surface area contributed by atoms with Crippen molar-refractivity contribution in [3.63, 3.8) is 0 Å². The van der Waals surface area contributed by atoms with Gasteiger partial charge in [0.05, 0.1) is 28.1 Å². The lowest BCUT2D eigenvalue weighted by molar-refractivity contribution is 1.18. The molecule has 262 valence electrons. The molecule has 0 fully saturated rings. The van der Waals surface area contributed by atoms with E-state index in [2.05, 4.69) is 228 Å². The van der Waals surface area contributed by atoms with Crippen molar-refractivity contribution in [3.05, 3.63) is 218 Å². The van der Waals surface area contributed by atoms with Gasteiger partial charge in [-0.05, 0) is 80.7 Å². The Balaban J connectivity index is 1.14. The number of anilines is 3. The molecule has 0 aliphatic heterocycles. The summed E-state index contributed by atoms with van der Waals surface area (Å²) in [6.45, 7) is 0. The molecule has 0 spiro atoms. The Morgan fingerprint density at radius 3 is 1.34 bits per heavy atom. The Bertz CT molecular complexity index is 3210. The Kier molecular flexibility index (Phi) is 7.53. The maximum atomic E-state index is 2.44. The summed E-state index contributed by atoms with van der Waals surface area (Å²) in [7, 11) is 0. The lowest BCUT2D eigenvalue weighted by Gasteiger charge is -2.29. The van der Waals surface area contributed by atoms with Crippen LogP contribution in [0.5, 0.6) is 0 Å². The monoisotopic (exact) mass is 712 g/mol. The van der Waals surface area contributed by atoms with Gasteiger partial charge in [0.1, 0.15) is 0 Å². The van der Waals surface area contributed by atoms with Crippen molar-refractivity contribution in [2.45, 2.75) is 0 Å². The normalized spacial score (nSPS) is 11.6. The Labute approximate surface area is 325 Å². The second-order valence-electron chi connectivity index (χ2n) is 14.4. The number of para-hydroxylation sites is 4.